The van der Waals surface area contributed by atoms with Crippen LogP contribution in [0.15, 0.2) is 29.0 Å². The largest absolute Gasteiger partial charge is 0.338 e. The van der Waals surface area contributed by atoms with Gasteiger partial charge in [-0.3, -0.25) is 0 Å². The van der Waals surface area contributed by atoms with Gasteiger partial charge in [0, 0.05) is 6.20 Å². The van der Waals surface area contributed by atoms with Crippen LogP contribution >= 0.6 is 39.1 Å². The topological polar surface area (TPSA) is 65.4 Å². The van der Waals surface area contributed by atoms with Crippen LogP contribution in [0, 0.1) is 11.3 Å². The number of rotatable bonds is 1. The van der Waals surface area contributed by atoms with Gasteiger partial charge in [0.1, 0.15) is 15.9 Å². The number of hydrogen-bond acceptors (Lipinski definition) is 3. The highest BCUT2D eigenvalue weighted by Crippen LogP contribution is 2.35. The number of fused-ring (bicyclic) bond motifs is 1. The van der Waals surface area contributed by atoms with Gasteiger partial charge in [0.15, 0.2) is 0 Å². The van der Waals surface area contributed by atoms with E-state index in [1.807, 2.05) is 12.1 Å². The summed E-state index contributed by atoms with van der Waals surface area (Å²) in [5, 5.41) is 9.64. The van der Waals surface area contributed by atoms with Gasteiger partial charge in [0.25, 0.3) is 0 Å². The third kappa shape index (κ3) is 2.16. The fraction of sp³-hybridized carbons (Fsp3) is 0. The maximum absolute atomic E-state index is 8.89. The van der Waals surface area contributed by atoms with Gasteiger partial charge in [0.05, 0.1) is 32.8 Å². The number of imidazole rings is 1. The lowest BCUT2D eigenvalue weighted by Crippen LogP contribution is -1.86. The molecule has 98 valence electrons. The van der Waals surface area contributed by atoms with Crippen LogP contribution in [0.1, 0.15) is 5.56 Å². The first kappa shape index (κ1) is 13.4. The predicted octanol–water partition coefficient (Wildman–Crippen LogP) is 4.57. The van der Waals surface area contributed by atoms with Crippen molar-refractivity contribution in [2.45, 2.75) is 0 Å². The summed E-state index contributed by atoms with van der Waals surface area (Å²) in [6, 6.07) is 6.93. The highest BCUT2D eigenvalue weighted by atomic mass is 79.9. The van der Waals surface area contributed by atoms with E-state index in [9.17, 15) is 0 Å². The van der Waals surface area contributed by atoms with Crippen LogP contribution in [-0.4, -0.2) is 15.0 Å². The molecule has 0 atom stereocenters. The minimum atomic E-state index is 0.372. The fourth-order valence-corrected chi connectivity index (χ4v) is 2.97. The summed E-state index contributed by atoms with van der Waals surface area (Å²) < 4.78 is 0.637. The summed E-state index contributed by atoms with van der Waals surface area (Å²) in [6.45, 7) is 0. The molecular weight excluding hydrogens is 363 g/mol. The Bertz CT molecular complexity index is 843. The highest BCUT2D eigenvalue weighted by Gasteiger charge is 2.15. The van der Waals surface area contributed by atoms with Gasteiger partial charge in [-0.2, -0.15) is 5.26 Å². The lowest BCUT2D eigenvalue weighted by Gasteiger charge is -2.04. The maximum atomic E-state index is 8.89. The molecule has 20 heavy (non-hydrogen) atoms. The second-order valence-electron chi connectivity index (χ2n) is 4.01. The summed E-state index contributed by atoms with van der Waals surface area (Å²) in [6.07, 6.45) is 1.66. The summed E-state index contributed by atoms with van der Waals surface area (Å²) in [4.78, 5) is 11.7. The normalized spacial score (nSPS) is 10.7. The molecule has 0 saturated carbocycles. The molecule has 0 amide bonds. The Balaban J connectivity index is 2.26. The Morgan fingerprint density at radius 2 is 1.95 bits per heavy atom. The van der Waals surface area contributed by atoms with E-state index in [1.54, 1.807) is 18.3 Å². The molecule has 2 aromatic heterocycles. The quantitative estimate of drug-likeness (QED) is 0.641. The van der Waals surface area contributed by atoms with Gasteiger partial charge in [-0.25, -0.2) is 9.97 Å². The molecule has 0 unspecified atom stereocenters. The molecule has 4 nitrogen and oxygen atoms in total. The molecule has 1 N–H and O–H groups in total. The lowest BCUT2D eigenvalue weighted by molar-refractivity contribution is 1.29. The zero-order valence-corrected chi connectivity index (χ0v) is 12.9. The molecule has 1 aromatic carbocycles. The third-order valence-corrected chi connectivity index (χ3v) is 3.94. The van der Waals surface area contributed by atoms with E-state index in [-0.39, 0.29) is 0 Å². The number of nitrogens with zero attached hydrogens (tertiary/aromatic N) is 3. The fourth-order valence-electron chi connectivity index (χ4n) is 1.89. The molecule has 0 aliphatic carbocycles. The van der Waals surface area contributed by atoms with E-state index in [2.05, 4.69) is 30.9 Å². The van der Waals surface area contributed by atoms with Gasteiger partial charge in [-0.1, -0.05) is 23.2 Å². The van der Waals surface area contributed by atoms with Gasteiger partial charge in [-0.05, 0) is 34.1 Å². The average molecular weight is 368 g/mol. The molecule has 3 aromatic rings. The van der Waals surface area contributed by atoms with Crippen molar-refractivity contribution in [3.8, 4) is 17.5 Å². The predicted molar refractivity (Wildman–Crippen MR) is 81.8 cm³/mol. The van der Waals surface area contributed by atoms with Gasteiger partial charge >= 0.3 is 0 Å². The number of pyridine rings is 1. The zero-order chi connectivity index (χ0) is 14.3. The van der Waals surface area contributed by atoms with Crippen molar-refractivity contribution in [2.24, 2.45) is 0 Å². The molecule has 0 radical (unpaired) electrons. The summed E-state index contributed by atoms with van der Waals surface area (Å²) in [7, 11) is 0. The smallest absolute Gasteiger partial charge is 0.141 e. The number of nitriles is 1. The van der Waals surface area contributed by atoms with Crippen molar-refractivity contribution in [3.05, 3.63) is 44.6 Å². The van der Waals surface area contributed by atoms with E-state index in [0.717, 1.165) is 5.52 Å². The van der Waals surface area contributed by atoms with Crippen molar-refractivity contribution in [3.63, 3.8) is 0 Å². The number of nitrogens with one attached hydrogen (secondary N) is 1. The standard InChI is InChI=1S/C13H5BrCl2N4/c14-12-11-9(1-2-18-12)19-13(20-11)10-7(15)3-6(5-17)4-8(10)16/h1-4H,(H,19,20). The summed E-state index contributed by atoms with van der Waals surface area (Å²) in [5.41, 5.74) is 2.48. The number of benzene rings is 1. The van der Waals surface area contributed by atoms with Gasteiger partial charge < -0.3 is 4.98 Å². The van der Waals surface area contributed by atoms with Crippen LogP contribution in [0.25, 0.3) is 22.4 Å². The van der Waals surface area contributed by atoms with E-state index in [4.69, 9.17) is 28.5 Å². The first-order valence-electron chi connectivity index (χ1n) is 5.50. The maximum Gasteiger partial charge on any atom is 0.141 e. The van der Waals surface area contributed by atoms with Crippen LogP contribution in [0.5, 0.6) is 0 Å². The monoisotopic (exact) mass is 366 g/mol. The molecule has 3 rings (SSSR count). The second-order valence-corrected chi connectivity index (χ2v) is 5.58. The number of aromatic amines is 1. The third-order valence-electron chi connectivity index (χ3n) is 2.76. The molecule has 0 aliphatic heterocycles. The highest BCUT2D eigenvalue weighted by molar-refractivity contribution is 9.10. The molecule has 2 heterocycles. The Kier molecular flexibility index (Phi) is 3.38. The van der Waals surface area contributed by atoms with Crippen molar-refractivity contribution >= 4 is 50.2 Å². The van der Waals surface area contributed by atoms with Gasteiger partial charge in [0.2, 0.25) is 0 Å². The molecule has 0 fully saturated rings. The molecular formula is C13H5BrCl2N4. The molecule has 0 spiro atoms. The average Bonchev–Trinajstić information content (AvgIpc) is 2.82. The van der Waals surface area contributed by atoms with Crippen LogP contribution in [-0.2, 0) is 0 Å². The first-order valence-corrected chi connectivity index (χ1v) is 7.05. The minimum absolute atomic E-state index is 0.372. The van der Waals surface area contributed by atoms with Gasteiger partial charge in [-0.15, -0.1) is 0 Å². The van der Waals surface area contributed by atoms with Crippen molar-refractivity contribution in [1.29, 1.82) is 5.26 Å². The first-order chi connectivity index (χ1) is 9.60. The van der Waals surface area contributed by atoms with Crippen molar-refractivity contribution in [2.75, 3.05) is 0 Å². The molecule has 0 aliphatic rings. The summed E-state index contributed by atoms with van der Waals surface area (Å²) in [5.74, 6) is 0.535. The van der Waals surface area contributed by atoms with E-state index < -0.39 is 0 Å². The molecule has 0 bridgehead atoms. The Hall–Kier alpha value is -1.61. The Labute approximate surface area is 132 Å². The van der Waals surface area contributed by atoms with E-state index in [1.165, 1.54) is 0 Å². The van der Waals surface area contributed by atoms with Crippen molar-refractivity contribution < 1.29 is 0 Å². The minimum Gasteiger partial charge on any atom is -0.338 e. The number of aromatic nitrogens is 3. The number of H-pyrrole nitrogens is 1. The van der Waals surface area contributed by atoms with Crippen molar-refractivity contribution in [1.82, 2.24) is 15.0 Å². The Morgan fingerprint density at radius 1 is 1.25 bits per heavy atom. The van der Waals surface area contributed by atoms with Crippen LogP contribution < -0.4 is 0 Å². The SMILES string of the molecule is N#Cc1cc(Cl)c(-c2nc3c(Br)nccc3[nH]2)c(Cl)c1. The van der Waals surface area contributed by atoms with E-state index in [0.29, 0.717) is 37.1 Å². The van der Waals surface area contributed by atoms with E-state index >= 15 is 0 Å². The zero-order valence-electron chi connectivity index (χ0n) is 9.78. The van der Waals surface area contributed by atoms with Crippen LogP contribution in [0.2, 0.25) is 10.0 Å². The second kappa shape index (κ2) is 5.06. The number of halogens is 3. The molecule has 7 heteroatoms. The summed E-state index contributed by atoms with van der Waals surface area (Å²) >= 11 is 15.7. The van der Waals surface area contributed by atoms with Crippen LogP contribution in [0.3, 0.4) is 0 Å². The Morgan fingerprint density at radius 3 is 2.55 bits per heavy atom. The number of hydrogen-bond donors (Lipinski definition) is 1. The molecule has 0 saturated heterocycles. The van der Waals surface area contributed by atoms with Crippen LogP contribution in [0.4, 0.5) is 0 Å². The lowest BCUT2D eigenvalue weighted by atomic mass is 10.1.